The van der Waals surface area contributed by atoms with Crippen molar-refractivity contribution in [1.29, 1.82) is 5.26 Å². The van der Waals surface area contributed by atoms with E-state index < -0.39 is 4.92 Å². The van der Waals surface area contributed by atoms with Crippen molar-refractivity contribution >= 4 is 39.9 Å². The van der Waals surface area contributed by atoms with Gasteiger partial charge in [0.15, 0.2) is 23.0 Å². The van der Waals surface area contributed by atoms with Gasteiger partial charge in [-0.25, -0.2) is 0 Å². The molecule has 0 bridgehead atoms. The van der Waals surface area contributed by atoms with Crippen molar-refractivity contribution in [3.63, 3.8) is 0 Å². The molecule has 0 N–H and O–H groups in total. The summed E-state index contributed by atoms with van der Waals surface area (Å²) in [5.74, 6) is 2.16. The van der Waals surface area contributed by atoms with Crippen LogP contribution in [0.25, 0.3) is 11.6 Å². The summed E-state index contributed by atoms with van der Waals surface area (Å²) in [5, 5.41) is 20.6. The van der Waals surface area contributed by atoms with Gasteiger partial charge in [0.1, 0.15) is 6.61 Å². The highest BCUT2D eigenvalue weighted by molar-refractivity contribution is 14.1. The number of rotatable bonds is 9. The molecule has 0 aliphatic carbocycles. The van der Waals surface area contributed by atoms with Crippen LogP contribution >= 0.6 is 22.6 Å². The van der Waals surface area contributed by atoms with Crippen LogP contribution in [0.2, 0.25) is 0 Å². The first-order chi connectivity index (χ1) is 16.4. The van der Waals surface area contributed by atoms with Gasteiger partial charge in [-0.05, 0) is 87.8 Å². The zero-order valence-corrected chi connectivity index (χ0v) is 20.9. The number of non-ortho nitro benzene ring substituents is 1. The van der Waals surface area contributed by atoms with Gasteiger partial charge in [-0.3, -0.25) is 10.1 Å². The first-order valence-corrected chi connectivity index (χ1v) is 11.1. The summed E-state index contributed by atoms with van der Waals surface area (Å²) in [6.45, 7) is 0.217. The fourth-order valence-electron chi connectivity index (χ4n) is 3.18. The molecule has 9 heteroatoms. The molecule has 0 spiro atoms. The Kier molecular flexibility index (Phi) is 8.32. The minimum atomic E-state index is -0.444. The van der Waals surface area contributed by atoms with E-state index in [2.05, 4.69) is 28.7 Å². The molecule has 8 nitrogen and oxygen atoms in total. The van der Waals surface area contributed by atoms with Gasteiger partial charge in [-0.1, -0.05) is 0 Å². The van der Waals surface area contributed by atoms with Crippen LogP contribution in [0.1, 0.15) is 16.7 Å². The lowest BCUT2D eigenvalue weighted by Gasteiger charge is -2.14. The summed E-state index contributed by atoms with van der Waals surface area (Å²) in [6, 6.07) is 17.4. The predicted molar refractivity (Wildman–Crippen MR) is 136 cm³/mol. The summed E-state index contributed by atoms with van der Waals surface area (Å²) in [7, 11) is 4.63. The average molecular weight is 572 g/mol. The highest BCUT2D eigenvalue weighted by Crippen LogP contribution is 2.36. The van der Waals surface area contributed by atoms with Gasteiger partial charge in [-0.2, -0.15) is 5.26 Å². The number of nitrogens with zero attached hydrogens (tertiary/aromatic N) is 2. The molecule has 0 aliphatic heterocycles. The Morgan fingerprint density at radius 1 is 1.00 bits per heavy atom. The zero-order valence-electron chi connectivity index (χ0n) is 18.7. The molecule has 3 aromatic rings. The van der Waals surface area contributed by atoms with Crippen molar-refractivity contribution in [2.45, 2.75) is 6.61 Å². The van der Waals surface area contributed by atoms with Crippen LogP contribution in [0.5, 0.6) is 23.0 Å². The van der Waals surface area contributed by atoms with Crippen LogP contribution in [0, 0.1) is 25.0 Å². The summed E-state index contributed by atoms with van der Waals surface area (Å²) in [6.07, 6.45) is 1.76. The van der Waals surface area contributed by atoms with Crippen LogP contribution in [0.3, 0.4) is 0 Å². The molecular weight excluding hydrogens is 551 g/mol. The smallest absolute Gasteiger partial charge is 0.269 e. The average Bonchev–Trinajstić information content (AvgIpc) is 2.86. The Morgan fingerprint density at radius 3 is 2.26 bits per heavy atom. The number of nitro groups is 1. The first kappa shape index (κ1) is 24.9. The Morgan fingerprint density at radius 2 is 1.68 bits per heavy atom. The largest absolute Gasteiger partial charge is 0.493 e. The van der Waals surface area contributed by atoms with Crippen molar-refractivity contribution in [2.75, 3.05) is 21.3 Å². The highest BCUT2D eigenvalue weighted by atomic mass is 127. The van der Waals surface area contributed by atoms with Crippen LogP contribution < -0.4 is 18.9 Å². The number of methoxy groups -OCH3 is 3. The molecule has 3 aromatic carbocycles. The molecule has 0 amide bonds. The lowest BCUT2D eigenvalue weighted by molar-refractivity contribution is -0.384. The molecule has 0 aromatic heterocycles. The third-order valence-electron chi connectivity index (χ3n) is 4.91. The number of hydrogen-bond donors (Lipinski definition) is 0. The van der Waals surface area contributed by atoms with Crippen molar-refractivity contribution in [1.82, 2.24) is 0 Å². The van der Waals surface area contributed by atoms with E-state index in [0.717, 1.165) is 14.7 Å². The van der Waals surface area contributed by atoms with E-state index in [1.807, 2.05) is 6.07 Å². The van der Waals surface area contributed by atoms with Crippen LogP contribution in [-0.4, -0.2) is 26.3 Å². The number of ether oxygens (including phenoxy) is 4. The Balaban J connectivity index is 1.87. The van der Waals surface area contributed by atoms with E-state index in [4.69, 9.17) is 18.9 Å². The molecule has 0 fully saturated rings. The fourth-order valence-corrected chi connectivity index (χ4v) is 3.96. The van der Waals surface area contributed by atoms with Crippen LogP contribution in [-0.2, 0) is 6.61 Å². The van der Waals surface area contributed by atoms with E-state index in [1.54, 1.807) is 56.7 Å². The standard InChI is InChI=1S/C25H21IN2O6/c1-31-22-9-6-18(13-23(22)32-2)19(14-27)10-17-11-21(26)25(24(12-17)33-3)34-15-16-4-7-20(8-5-16)28(29)30/h4-13H,15H2,1-3H3/b19-10+. The van der Waals surface area contributed by atoms with Crippen molar-refractivity contribution < 1.29 is 23.9 Å². The van der Waals surface area contributed by atoms with E-state index in [1.165, 1.54) is 19.2 Å². The molecule has 174 valence electrons. The van der Waals surface area contributed by atoms with E-state index in [0.29, 0.717) is 34.1 Å². The Bertz CT molecular complexity index is 1270. The molecule has 0 saturated carbocycles. The van der Waals surface area contributed by atoms with E-state index >= 15 is 0 Å². The molecule has 0 aliphatic rings. The summed E-state index contributed by atoms with van der Waals surface area (Å²) < 4.78 is 22.9. The van der Waals surface area contributed by atoms with Crippen molar-refractivity contribution in [3.05, 3.63) is 85.0 Å². The highest BCUT2D eigenvalue weighted by Gasteiger charge is 2.14. The second-order valence-electron chi connectivity index (χ2n) is 6.99. The fraction of sp³-hybridized carbons (Fsp3) is 0.160. The van der Waals surface area contributed by atoms with E-state index in [-0.39, 0.29) is 12.3 Å². The second kappa shape index (κ2) is 11.4. The SMILES string of the molecule is COc1ccc(/C(C#N)=C/c2cc(I)c(OCc3ccc([N+](=O)[O-])cc3)c(OC)c2)cc1OC. The molecule has 0 unspecified atom stereocenters. The normalized spacial score (nSPS) is 10.9. The zero-order chi connectivity index (χ0) is 24.7. The van der Waals surface area contributed by atoms with Crippen LogP contribution in [0.4, 0.5) is 5.69 Å². The molecule has 3 rings (SSSR count). The quantitative estimate of drug-likeness (QED) is 0.104. The second-order valence-corrected chi connectivity index (χ2v) is 8.15. The number of nitriles is 1. The Hall–Kier alpha value is -3.78. The number of allylic oxidation sites excluding steroid dienone is 1. The summed E-state index contributed by atoms with van der Waals surface area (Å²) in [5.41, 5.74) is 2.70. The maximum Gasteiger partial charge on any atom is 0.269 e. The van der Waals surface area contributed by atoms with Crippen molar-refractivity contribution in [3.8, 4) is 29.1 Å². The molecular formula is C25H21IN2O6. The van der Waals surface area contributed by atoms with Crippen molar-refractivity contribution in [2.24, 2.45) is 0 Å². The number of halogens is 1. The van der Waals surface area contributed by atoms with Gasteiger partial charge in [0, 0.05) is 12.1 Å². The monoisotopic (exact) mass is 572 g/mol. The minimum Gasteiger partial charge on any atom is -0.493 e. The minimum absolute atomic E-state index is 0.0230. The lowest BCUT2D eigenvalue weighted by atomic mass is 10.0. The maximum absolute atomic E-state index is 10.8. The lowest BCUT2D eigenvalue weighted by Crippen LogP contribution is -2.00. The molecule has 34 heavy (non-hydrogen) atoms. The third kappa shape index (κ3) is 5.77. The summed E-state index contributed by atoms with van der Waals surface area (Å²) in [4.78, 5) is 10.4. The van der Waals surface area contributed by atoms with Crippen LogP contribution in [0.15, 0.2) is 54.6 Å². The number of benzene rings is 3. The molecule has 0 saturated heterocycles. The van der Waals surface area contributed by atoms with E-state index in [9.17, 15) is 15.4 Å². The van der Waals surface area contributed by atoms with Gasteiger partial charge in [-0.15, -0.1) is 0 Å². The molecule has 0 heterocycles. The molecule has 0 atom stereocenters. The maximum atomic E-state index is 10.8. The van der Waals surface area contributed by atoms with Gasteiger partial charge in [0.05, 0.1) is 41.5 Å². The number of nitro benzene ring substituents is 1. The summed E-state index contributed by atoms with van der Waals surface area (Å²) >= 11 is 2.14. The molecule has 0 radical (unpaired) electrons. The topological polar surface area (TPSA) is 104 Å². The Labute approximate surface area is 210 Å². The first-order valence-electron chi connectivity index (χ1n) is 9.98. The van der Waals surface area contributed by atoms with Gasteiger partial charge in [0.25, 0.3) is 5.69 Å². The van der Waals surface area contributed by atoms with Gasteiger partial charge in [0.2, 0.25) is 0 Å². The van der Waals surface area contributed by atoms with Gasteiger partial charge < -0.3 is 18.9 Å². The third-order valence-corrected chi connectivity index (χ3v) is 5.71. The van der Waals surface area contributed by atoms with Gasteiger partial charge >= 0.3 is 0 Å². The predicted octanol–water partition coefficient (Wildman–Crippen LogP) is 5.87. The number of hydrogen-bond acceptors (Lipinski definition) is 7.